The number of aliphatic carboxylic acids is 1. The lowest BCUT2D eigenvalue weighted by molar-refractivity contribution is -0.139. The average molecular weight is 294 g/mol. The maximum Gasteiger partial charge on any atom is 0.303 e. The van der Waals surface area contributed by atoms with Crippen LogP contribution in [-0.2, 0) is 11.2 Å². The summed E-state index contributed by atoms with van der Waals surface area (Å²) in [4.78, 5) is 18.3. The fourth-order valence-corrected chi connectivity index (χ4v) is 3.36. The van der Waals surface area contributed by atoms with Gasteiger partial charge in [0.2, 0.25) is 0 Å². The van der Waals surface area contributed by atoms with Crippen molar-refractivity contribution in [3.63, 3.8) is 0 Å². The predicted octanol–water partition coefficient (Wildman–Crippen LogP) is 3.42. The summed E-state index contributed by atoms with van der Waals surface area (Å²) >= 11 is 0. The molecule has 1 fully saturated rings. The van der Waals surface area contributed by atoms with Crippen molar-refractivity contribution >= 4 is 17.0 Å². The van der Waals surface area contributed by atoms with Gasteiger partial charge in [0, 0.05) is 18.6 Å². The molecule has 2 N–H and O–H groups in total. The Hall–Kier alpha value is -1.98. The van der Waals surface area contributed by atoms with E-state index in [-0.39, 0.29) is 11.8 Å². The molecule has 1 aromatic carbocycles. The SMILES string of the molecule is O=C(O)CC1(Cc2nc3cc(F)c(F)cc3[nH]2)CCCC1. The first-order valence-electron chi connectivity index (χ1n) is 7.03. The zero-order valence-electron chi connectivity index (χ0n) is 11.5. The summed E-state index contributed by atoms with van der Waals surface area (Å²) in [7, 11) is 0. The van der Waals surface area contributed by atoms with Crippen molar-refractivity contribution in [1.82, 2.24) is 9.97 Å². The summed E-state index contributed by atoms with van der Waals surface area (Å²) in [5.41, 5.74) is 0.510. The topological polar surface area (TPSA) is 66.0 Å². The number of aromatic nitrogens is 2. The van der Waals surface area contributed by atoms with Gasteiger partial charge in [-0.2, -0.15) is 0 Å². The van der Waals surface area contributed by atoms with Gasteiger partial charge in [-0.15, -0.1) is 0 Å². The number of rotatable bonds is 4. The van der Waals surface area contributed by atoms with E-state index in [4.69, 9.17) is 5.11 Å². The molecule has 6 heteroatoms. The summed E-state index contributed by atoms with van der Waals surface area (Å²) < 4.78 is 26.4. The van der Waals surface area contributed by atoms with Crippen molar-refractivity contribution in [3.05, 3.63) is 29.6 Å². The van der Waals surface area contributed by atoms with Gasteiger partial charge >= 0.3 is 5.97 Å². The van der Waals surface area contributed by atoms with Crippen molar-refractivity contribution in [2.45, 2.75) is 38.5 Å². The molecule has 0 amide bonds. The smallest absolute Gasteiger partial charge is 0.303 e. The normalized spacial score (nSPS) is 17.4. The van der Waals surface area contributed by atoms with Crippen molar-refractivity contribution in [3.8, 4) is 0 Å². The number of aromatic amines is 1. The molecule has 1 aliphatic rings. The summed E-state index contributed by atoms with van der Waals surface area (Å²) in [5, 5.41) is 9.10. The maximum absolute atomic E-state index is 13.2. The van der Waals surface area contributed by atoms with Crippen molar-refractivity contribution in [2.75, 3.05) is 0 Å². The zero-order valence-corrected chi connectivity index (χ0v) is 11.5. The molecular formula is C15H16F2N2O2. The number of carbonyl (C=O) groups is 1. The molecule has 2 aromatic rings. The van der Waals surface area contributed by atoms with Gasteiger partial charge in [-0.1, -0.05) is 12.8 Å². The number of imidazole rings is 1. The monoisotopic (exact) mass is 294 g/mol. The van der Waals surface area contributed by atoms with E-state index in [1.54, 1.807) is 0 Å². The molecule has 0 saturated heterocycles. The third kappa shape index (κ3) is 2.75. The van der Waals surface area contributed by atoms with Crippen LogP contribution in [0.15, 0.2) is 12.1 Å². The molecule has 0 atom stereocenters. The number of benzene rings is 1. The molecule has 1 saturated carbocycles. The van der Waals surface area contributed by atoms with E-state index in [1.165, 1.54) is 0 Å². The van der Waals surface area contributed by atoms with Crippen LogP contribution in [0, 0.1) is 17.0 Å². The van der Waals surface area contributed by atoms with Gasteiger partial charge in [-0.25, -0.2) is 13.8 Å². The molecule has 4 nitrogen and oxygen atoms in total. The van der Waals surface area contributed by atoms with E-state index < -0.39 is 17.6 Å². The lowest BCUT2D eigenvalue weighted by Crippen LogP contribution is -2.24. The standard InChI is InChI=1S/C15H16F2N2O2/c16-9-5-11-12(6-10(9)17)19-13(18-11)7-15(8-14(20)21)3-1-2-4-15/h5-6H,1-4,7-8H2,(H,18,19)(H,20,21). The second kappa shape index (κ2) is 5.09. The van der Waals surface area contributed by atoms with Crippen molar-refractivity contribution in [1.29, 1.82) is 0 Å². The third-order valence-electron chi connectivity index (χ3n) is 4.31. The molecule has 0 unspecified atom stereocenters. The van der Waals surface area contributed by atoms with Crippen LogP contribution >= 0.6 is 0 Å². The molecule has 1 aliphatic carbocycles. The predicted molar refractivity (Wildman–Crippen MR) is 72.9 cm³/mol. The van der Waals surface area contributed by atoms with Crippen molar-refractivity contribution in [2.24, 2.45) is 5.41 Å². The number of nitrogens with one attached hydrogen (secondary N) is 1. The second-order valence-corrected chi connectivity index (χ2v) is 5.92. The Morgan fingerprint density at radius 3 is 2.62 bits per heavy atom. The van der Waals surface area contributed by atoms with Gasteiger partial charge in [-0.3, -0.25) is 4.79 Å². The third-order valence-corrected chi connectivity index (χ3v) is 4.31. The highest BCUT2D eigenvalue weighted by Gasteiger charge is 2.37. The molecule has 1 heterocycles. The van der Waals surface area contributed by atoms with Crippen molar-refractivity contribution < 1.29 is 18.7 Å². The minimum Gasteiger partial charge on any atom is -0.481 e. The Kier molecular flexibility index (Phi) is 3.39. The van der Waals surface area contributed by atoms with E-state index in [1.807, 2.05) is 0 Å². The Morgan fingerprint density at radius 2 is 1.95 bits per heavy atom. The minimum absolute atomic E-state index is 0.104. The van der Waals surface area contributed by atoms with Crippen LogP contribution in [0.2, 0.25) is 0 Å². The number of hydrogen-bond donors (Lipinski definition) is 2. The molecular weight excluding hydrogens is 278 g/mol. The molecule has 21 heavy (non-hydrogen) atoms. The van der Waals surface area contributed by atoms with Gasteiger partial charge in [0.15, 0.2) is 11.6 Å². The molecule has 0 spiro atoms. The lowest BCUT2D eigenvalue weighted by Gasteiger charge is -2.25. The molecule has 112 valence electrons. The summed E-state index contributed by atoms with van der Waals surface area (Å²) in [6.45, 7) is 0. The van der Waals surface area contributed by atoms with Gasteiger partial charge in [0.25, 0.3) is 0 Å². The highest BCUT2D eigenvalue weighted by atomic mass is 19.2. The van der Waals surface area contributed by atoms with Gasteiger partial charge in [0.1, 0.15) is 5.82 Å². The van der Waals surface area contributed by atoms with E-state index in [9.17, 15) is 13.6 Å². The van der Waals surface area contributed by atoms with Crippen LogP contribution in [0.1, 0.15) is 37.9 Å². The molecule has 1 aromatic heterocycles. The Labute approximate surface area is 120 Å². The highest BCUT2D eigenvalue weighted by molar-refractivity contribution is 5.75. The number of fused-ring (bicyclic) bond motifs is 1. The number of halogens is 2. The average Bonchev–Trinajstić information content (AvgIpc) is 2.96. The largest absolute Gasteiger partial charge is 0.481 e. The Bertz CT molecular complexity index is 651. The first kappa shape index (κ1) is 14.0. The maximum atomic E-state index is 13.2. The van der Waals surface area contributed by atoms with Crippen LogP contribution in [-0.4, -0.2) is 21.0 Å². The van der Waals surface area contributed by atoms with E-state index in [2.05, 4.69) is 9.97 Å². The molecule has 0 radical (unpaired) electrons. The number of carboxylic acids is 1. The fourth-order valence-electron chi connectivity index (χ4n) is 3.36. The summed E-state index contributed by atoms with van der Waals surface area (Å²) in [6, 6.07) is 2.14. The van der Waals surface area contributed by atoms with Crippen LogP contribution in [0.4, 0.5) is 8.78 Å². The lowest BCUT2D eigenvalue weighted by atomic mass is 9.79. The Balaban J connectivity index is 1.91. The first-order chi connectivity index (χ1) is 9.97. The fraction of sp³-hybridized carbons (Fsp3) is 0.467. The van der Waals surface area contributed by atoms with Crippen LogP contribution in [0.5, 0.6) is 0 Å². The van der Waals surface area contributed by atoms with Gasteiger partial charge < -0.3 is 10.1 Å². The Morgan fingerprint density at radius 1 is 1.29 bits per heavy atom. The second-order valence-electron chi connectivity index (χ2n) is 5.92. The molecule has 3 rings (SSSR count). The number of nitrogens with zero attached hydrogens (tertiary/aromatic N) is 1. The molecule has 0 bridgehead atoms. The van der Waals surface area contributed by atoms with Gasteiger partial charge in [0.05, 0.1) is 17.5 Å². The first-order valence-corrected chi connectivity index (χ1v) is 7.03. The van der Waals surface area contributed by atoms with E-state index >= 15 is 0 Å². The quantitative estimate of drug-likeness (QED) is 0.908. The van der Waals surface area contributed by atoms with E-state index in [0.29, 0.717) is 23.3 Å². The summed E-state index contributed by atoms with van der Waals surface area (Å²) in [6.07, 6.45) is 4.32. The van der Waals surface area contributed by atoms with E-state index in [0.717, 1.165) is 37.8 Å². The molecule has 0 aliphatic heterocycles. The highest BCUT2D eigenvalue weighted by Crippen LogP contribution is 2.43. The minimum atomic E-state index is -0.929. The number of H-pyrrole nitrogens is 1. The number of carboxylic acid groups (broad SMARTS) is 1. The van der Waals surface area contributed by atoms with Gasteiger partial charge in [-0.05, 0) is 18.3 Å². The summed E-state index contributed by atoms with van der Waals surface area (Å²) in [5.74, 6) is -2.07. The number of hydrogen-bond acceptors (Lipinski definition) is 2. The van der Waals surface area contributed by atoms with Crippen LogP contribution in [0.3, 0.4) is 0 Å². The van der Waals surface area contributed by atoms with Crippen LogP contribution < -0.4 is 0 Å². The zero-order chi connectivity index (χ0) is 15.0. The van der Waals surface area contributed by atoms with Crippen LogP contribution in [0.25, 0.3) is 11.0 Å².